The van der Waals surface area contributed by atoms with Crippen LogP contribution in [-0.4, -0.2) is 53.8 Å². The monoisotopic (exact) mass is 415 g/mol. The van der Waals surface area contributed by atoms with Crippen molar-refractivity contribution in [3.05, 3.63) is 67.0 Å². The minimum Gasteiger partial charge on any atom is -0.465 e. The third-order valence-electron chi connectivity index (χ3n) is 5.12. The Bertz CT molecular complexity index is 1130. The van der Waals surface area contributed by atoms with E-state index in [9.17, 15) is 14.4 Å². The minimum absolute atomic E-state index is 0.0931. The van der Waals surface area contributed by atoms with Crippen molar-refractivity contribution >= 4 is 28.2 Å². The third kappa shape index (κ3) is 3.89. The molecule has 8 nitrogen and oxygen atoms in total. The number of thiophene rings is 1. The highest BCUT2D eigenvalue weighted by Gasteiger charge is 2.25. The molecular formula is C20H21N3O5S. The number of morpholine rings is 1. The molecule has 1 aromatic carbocycles. The number of carbonyl (C=O) groups excluding carboxylic acids is 1. The number of benzene rings is 1. The second kappa shape index (κ2) is 8.32. The number of esters is 1. The number of carbonyl (C=O) groups is 1. The van der Waals surface area contributed by atoms with E-state index in [4.69, 9.17) is 9.47 Å². The number of aromatic amines is 1. The Balaban J connectivity index is 1.75. The van der Waals surface area contributed by atoms with Gasteiger partial charge in [-0.3, -0.25) is 14.3 Å². The van der Waals surface area contributed by atoms with Crippen LogP contribution in [0.2, 0.25) is 0 Å². The molecule has 1 fully saturated rings. The Kier molecular flexibility index (Phi) is 5.61. The van der Waals surface area contributed by atoms with Gasteiger partial charge < -0.3 is 14.5 Å². The van der Waals surface area contributed by atoms with Crippen LogP contribution in [0.3, 0.4) is 0 Å². The predicted molar refractivity (Wildman–Crippen MR) is 110 cm³/mol. The fourth-order valence-electron chi connectivity index (χ4n) is 3.59. The van der Waals surface area contributed by atoms with Crippen molar-refractivity contribution in [2.75, 3.05) is 33.4 Å². The van der Waals surface area contributed by atoms with Crippen molar-refractivity contribution in [2.24, 2.45) is 0 Å². The molecule has 2 aromatic heterocycles. The molecule has 0 aliphatic carbocycles. The van der Waals surface area contributed by atoms with Crippen LogP contribution in [0.4, 0.5) is 0 Å². The molecule has 1 N–H and O–H groups in total. The average Bonchev–Trinajstić information content (AvgIpc) is 3.28. The van der Waals surface area contributed by atoms with Crippen LogP contribution in [-0.2, 0) is 16.0 Å². The van der Waals surface area contributed by atoms with Crippen LogP contribution in [0.5, 0.6) is 0 Å². The first-order chi connectivity index (χ1) is 14.1. The van der Waals surface area contributed by atoms with Crippen LogP contribution in [0.15, 0.2) is 45.3 Å². The van der Waals surface area contributed by atoms with Gasteiger partial charge in [0.05, 0.1) is 49.4 Å². The molecule has 152 valence electrons. The highest BCUT2D eigenvalue weighted by atomic mass is 32.1. The summed E-state index contributed by atoms with van der Waals surface area (Å²) in [6, 6.07) is 8.43. The summed E-state index contributed by atoms with van der Waals surface area (Å²) in [5.41, 5.74) is -0.287. The first kappa shape index (κ1) is 19.6. The first-order valence-corrected chi connectivity index (χ1v) is 10.2. The molecule has 0 spiro atoms. The summed E-state index contributed by atoms with van der Waals surface area (Å²) in [5, 5.41) is 2.34. The van der Waals surface area contributed by atoms with Crippen LogP contribution in [0.1, 0.15) is 21.3 Å². The minimum atomic E-state index is -0.526. The van der Waals surface area contributed by atoms with Crippen molar-refractivity contribution in [1.82, 2.24) is 14.5 Å². The number of rotatable bonds is 5. The summed E-state index contributed by atoms with van der Waals surface area (Å²) in [4.78, 5) is 43.6. The number of hydrogen-bond acceptors (Lipinski definition) is 7. The standard InChI is InChI=1S/C20H21N3O5S/c1-27-19(25)13-4-5-14-15(11-13)21-20(26)23(18(14)24)12-16(17-3-2-10-29-17)22-6-8-28-9-7-22/h2-5,10-11,16H,6-9,12H2,1H3,(H,21,26)/t16-/m0/s1. The summed E-state index contributed by atoms with van der Waals surface area (Å²) in [5.74, 6) is -0.526. The molecule has 1 saturated heterocycles. The van der Waals surface area contributed by atoms with Crippen LogP contribution < -0.4 is 11.2 Å². The van der Waals surface area contributed by atoms with Crippen molar-refractivity contribution < 1.29 is 14.3 Å². The molecule has 0 unspecified atom stereocenters. The van der Waals surface area contributed by atoms with Gasteiger partial charge in [-0.15, -0.1) is 11.3 Å². The van der Waals surface area contributed by atoms with Crippen molar-refractivity contribution in [3.63, 3.8) is 0 Å². The Morgan fingerprint density at radius 1 is 1.28 bits per heavy atom. The Morgan fingerprint density at radius 3 is 2.76 bits per heavy atom. The van der Waals surface area contributed by atoms with E-state index >= 15 is 0 Å². The number of hydrogen-bond donors (Lipinski definition) is 1. The van der Waals surface area contributed by atoms with Gasteiger partial charge in [0.1, 0.15) is 0 Å². The maximum absolute atomic E-state index is 13.1. The number of nitrogens with zero attached hydrogens (tertiary/aromatic N) is 2. The van der Waals surface area contributed by atoms with Crippen molar-refractivity contribution in [3.8, 4) is 0 Å². The van der Waals surface area contributed by atoms with Gasteiger partial charge in [-0.1, -0.05) is 6.07 Å². The van der Waals surface area contributed by atoms with Gasteiger partial charge >= 0.3 is 11.7 Å². The van der Waals surface area contributed by atoms with Gasteiger partial charge in [-0.25, -0.2) is 9.59 Å². The van der Waals surface area contributed by atoms with E-state index in [0.717, 1.165) is 18.0 Å². The molecule has 29 heavy (non-hydrogen) atoms. The molecule has 1 atom stereocenters. The average molecular weight is 415 g/mol. The van der Waals surface area contributed by atoms with Gasteiger partial charge in [-0.2, -0.15) is 0 Å². The fourth-order valence-corrected chi connectivity index (χ4v) is 4.45. The maximum Gasteiger partial charge on any atom is 0.337 e. The normalized spacial score (nSPS) is 16.0. The lowest BCUT2D eigenvalue weighted by Gasteiger charge is -2.34. The largest absolute Gasteiger partial charge is 0.465 e. The smallest absolute Gasteiger partial charge is 0.337 e. The second-order valence-electron chi connectivity index (χ2n) is 6.78. The Morgan fingerprint density at radius 2 is 2.07 bits per heavy atom. The maximum atomic E-state index is 13.1. The predicted octanol–water partition coefficient (Wildman–Crippen LogP) is 1.61. The van der Waals surface area contributed by atoms with Crippen LogP contribution in [0.25, 0.3) is 10.9 Å². The number of H-pyrrole nitrogens is 1. The zero-order valence-corrected chi connectivity index (χ0v) is 16.7. The van der Waals surface area contributed by atoms with Gasteiger partial charge in [-0.05, 0) is 29.6 Å². The van der Waals surface area contributed by atoms with E-state index in [1.165, 1.54) is 23.8 Å². The van der Waals surface area contributed by atoms with E-state index in [1.807, 2.05) is 17.5 Å². The lowest BCUT2D eigenvalue weighted by Crippen LogP contribution is -2.44. The molecule has 3 aromatic rings. The SMILES string of the molecule is COC(=O)c1ccc2c(=O)n(C[C@@H](c3cccs3)N3CCOCC3)c(=O)[nH]c2c1. The fraction of sp³-hybridized carbons (Fsp3) is 0.350. The van der Waals surface area contributed by atoms with Crippen molar-refractivity contribution in [1.29, 1.82) is 0 Å². The second-order valence-corrected chi connectivity index (χ2v) is 7.76. The van der Waals surface area contributed by atoms with Gasteiger partial charge in [0.15, 0.2) is 0 Å². The summed E-state index contributed by atoms with van der Waals surface area (Å²) in [7, 11) is 1.28. The number of nitrogens with one attached hydrogen (secondary N) is 1. The zero-order valence-electron chi connectivity index (χ0n) is 15.9. The van der Waals surface area contributed by atoms with Gasteiger partial charge in [0.25, 0.3) is 5.56 Å². The summed E-state index contributed by atoms with van der Waals surface area (Å²) >= 11 is 1.61. The third-order valence-corrected chi connectivity index (χ3v) is 6.09. The molecular weight excluding hydrogens is 394 g/mol. The quantitative estimate of drug-likeness (QED) is 0.637. The molecule has 0 radical (unpaired) electrons. The highest BCUT2D eigenvalue weighted by Crippen LogP contribution is 2.27. The number of ether oxygens (including phenoxy) is 2. The molecule has 0 bridgehead atoms. The van der Waals surface area contributed by atoms with Gasteiger partial charge in [0.2, 0.25) is 0 Å². The van der Waals surface area contributed by atoms with Gasteiger partial charge in [0, 0.05) is 18.0 Å². The summed E-state index contributed by atoms with van der Waals surface area (Å²) in [6.45, 7) is 2.97. The zero-order chi connectivity index (χ0) is 20.4. The first-order valence-electron chi connectivity index (χ1n) is 9.29. The summed E-state index contributed by atoms with van der Waals surface area (Å²) < 4.78 is 11.4. The lowest BCUT2D eigenvalue weighted by atomic mass is 10.1. The number of methoxy groups -OCH3 is 1. The highest BCUT2D eigenvalue weighted by molar-refractivity contribution is 7.10. The van der Waals surface area contributed by atoms with E-state index in [2.05, 4.69) is 9.88 Å². The van der Waals surface area contributed by atoms with Crippen LogP contribution in [0, 0.1) is 0 Å². The Hall–Kier alpha value is -2.75. The van der Waals surface area contributed by atoms with E-state index in [-0.39, 0.29) is 23.7 Å². The van der Waals surface area contributed by atoms with Crippen LogP contribution >= 0.6 is 11.3 Å². The molecule has 4 rings (SSSR count). The van der Waals surface area contributed by atoms with E-state index in [0.29, 0.717) is 24.1 Å². The van der Waals surface area contributed by atoms with E-state index in [1.54, 1.807) is 17.4 Å². The van der Waals surface area contributed by atoms with E-state index < -0.39 is 11.7 Å². The summed E-state index contributed by atoms with van der Waals surface area (Å²) in [6.07, 6.45) is 0. The molecule has 3 heterocycles. The molecule has 1 aliphatic heterocycles. The molecule has 1 aliphatic rings. The molecule has 0 amide bonds. The van der Waals surface area contributed by atoms with Crippen molar-refractivity contribution in [2.45, 2.75) is 12.6 Å². The number of aromatic nitrogens is 2. The topological polar surface area (TPSA) is 93.6 Å². The lowest BCUT2D eigenvalue weighted by molar-refractivity contribution is 0.0126. The number of fused-ring (bicyclic) bond motifs is 1. The molecule has 9 heteroatoms. The molecule has 0 saturated carbocycles. The Labute approximate surface area is 170 Å².